The Morgan fingerprint density at radius 2 is 1.88 bits per heavy atom. The summed E-state index contributed by atoms with van der Waals surface area (Å²) in [5, 5.41) is 2.67. The van der Waals surface area contributed by atoms with Gasteiger partial charge in [0.25, 0.3) is 5.91 Å². The van der Waals surface area contributed by atoms with Gasteiger partial charge in [-0.05, 0) is 43.3 Å². The van der Waals surface area contributed by atoms with Gasteiger partial charge in [0, 0.05) is 0 Å². The molecule has 126 valence electrons. The fourth-order valence-corrected chi connectivity index (χ4v) is 2.56. The van der Waals surface area contributed by atoms with E-state index in [1.165, 1.54) is 6.26 Å². The molecule has 0 spiro atoms. The summed E-state index contributed by atoms with van der Waals surface area (Å²) in [7, 11) is 1.59. The molecule has 0 radical (unpaired) electrons. The van der Waals surface area contributed by atoms with Crippen molar-refractivity contribution in [3.8, 4) is 11.5 Å². The molecule has 7 heteroatoms. The topological polar surface area (TPSA) is 81.0 Å². The second kappa shape index (κ2) is 6.27. The smallest absolute Gasteiger partial charge is 0.325 e. The SMILES string of the molecule is COc1ccc(OCCN2C(=O)NC(C)(c3ccco3)C2=O)cc1. The third-order valence-electron chi connectivity index (χ3n) is 3.93. The van der Waals surface area contributed by atoms with E-state index in [0.717, 1.165) is 10.6 Å². The number of methoxy groups -OCH3 is 1. The van der Waals surface area contributed by atoms with Gasteiger partial charge in [0.2, 0.25) is 0 Å². The van der Waals surface area contributed by atoms with Crippen LogP contribution in [0.5, 0.6) is 11.5 Å². The molecule has 1 unspecified atom stereocenters. The number of imide groups is 1. The lowest BCUT2D eigenvalue weighted by molar-refractivity contribution is -0.131. The van der Waals surface area contributed by atoms with Gasteiger partial charge in [0.05, 0.1) is 19.9 Å². The number of amides is 3. The Hall–Kier alpha value is -2.96. The van der Waals surface area contributed by atoms with Crippen LogP contribution in [0.2, 0.25) is 0 Å². The molecule has 1 atom stereocenters. The molecule has 2 heterocycles. The summed E-state index contributed by atoms with van der Waals surface area (Å²) in [5.41, 5.74) is -1.18. The van der Waals surface area contributed by atoms with E-state index in [1.54, 1.807) is 50.4 Å². The van der Waals surface area contributed by atoms with Crippen LogP contribution in [0.4, 0.5) is 4.79 Å². The Labute approximate surface area is 139 Å². The maximum absolute atomic E-state index is 12.6. The zero-order valence-electron chi connectivity index (χ0n) is 13.4. The zero-order valence-corrected chi connectivity index (χ0v) is 13.4. The summed E-state index contributed by atoms with van der Waals surface area (Å²) in [6, 6.07) is 9.95. The van der Waals surface area contributed by atoms with E-state index < -0.39 is 11.6 Å². The Balaban J connectivity index is 1.61. The van der Waals surface area contributed by atoms with Crippen molar-refractivity contribution in [1.82, 2.24) is 10.2 Å². The van der Waals surface area contributed by atoms with E-state index >= 15 is 0 Å². The van der Waals surface area contributed by atoms with E-state index in [9.17, 15) is 9.59 Å². The number of furan rings is 1. The highest BCUT2D eigenvalue weighted by Crippen LogP contribution is 2.28. The van der Waals surface area contributed by atoms with Gasteiger partial charge in [-0.3, -0.25) is 9.69 Å². The van der Waals surface area contributed by atoms with Crippen molar-refractivity contribution in [2.24, 2.45) is 0 Å². The van der Waals surface area contributed by atoms with E-state index in [2.05, 4.69) is 5.32 Å². The largest absolute Gasteiger partial charge is 0.497 e. The lowest BCUT2D eigenvalue weighted by atomic mass is 9.99. The fraction of sp³-hybridized carbons (Fsp3) is 0.294. The van der Waals surface area contributed by atoms with Gasteiger partial charge in [-0.1, -0.05) is 0 Å². The minimum atomic E-state index is -1.18. The first-order valence-electron chi connectivity index (χ1n) is 7.49. The molecular weight excluding hydrogens is 312 g/mol. The quantitative estimate of drug-likeness (QED) is 0.821. The van der Waals surface area contributed by atoms with Crippen molar-refractivity contribution in [1.29, 1.82) is 0 Å². The molecule has 1 saturated heterocycles. The molecule has 0 bridgehead atoms. The van der Waals surface area contributed by atoms with Gasteiger partial charge in [-0.25, -0.2) is 4.79 Å². The van der Waals surface area contributed by atoms with E-state index in [-0.39, 0.29) is 19.1 Å². The number of carbonyl (C=O) groups excluding carboxylic acids is 2. The lowest BCUT2D eigenvalue weighted by Crippen LogP contribution is -2.41. The predicted molar refractivity (Wildman–Crippen MR) is 84.8 cm³/mol. The molecule has 1 N–H and O–H groups in total. The van der Waals surface area contributed by atoms with Gasteiger partial charge in [0.15, 0.2) is 5.54 Å². The minimum absolute atomic E-state index is 0.146. The molecule has 24 heavy (non-hydrogen) atoms. The van der Waals surface area contributed by atoms with Crippen LogP contribution in [0, 0.1) is 0 Å². The predicted octanol–water partition coefficient (Wildman–Crippen LogP) is 2.13. The van der Waals surface area contributed by atoms with Crippen LogP contribution in [0.3, 0.4) is 0 Å². The standard InChI is InChI=1S/C17H18N2O5/c1-17(14-4-3-10-24-14)15(20)19(16(21)18-17)9-11-23-13-7-5-12(22-2)6-8-13/h3-8,10H,9,11H2,1-2H3,(H,18,21). The van der Waals surface area contributed by atoms with Crippen LogP contribution >= 0.6 is 0 Å². The maximum atomic E-state index is 12.6. The lowest BCUT2D eigenvalue weighted by Gasteiger charge is -2.19. The molecular formula is C17H18N2O5. The third-order valence-corrected chi connectivity index (χ3v) is 3.93. The number of carbonyl (C=O) groups is 2. The summed E-state index contributed by atoms with van der Waals surface area (Å²) >= 11 is 0. The normalized spacial score (nSPS) is 20.2. The molecule has 0 aliphatic carbocycles. The summed E-state index contributed by atoms with van der Waals surface area (Å²) in [6.45, 7) is 1.96. The van der Waals surface area contributed by atoms with Crippen molar-refractivity contribution < 1.29 is 23.5 Å². The number of urea groups is 1. The van der Waals surface area contributed by atoms with Crippen LogP contribution in [-0.2, 0) is 10.3 Å². The monoisotopic (exact) mass is 330 g/mol. The van der Waals surface area contributed by atoms with Crippen molar-refractivity contribution in [3.63, 3.8) is 0 Å². The number of rotatable bonds is 6. The minimum Gasteiger partial charge on any atom is -0.497 e. The van der Waals surface area contributed by atoms with Crippen molar-refractivity contribution >= 4 is 11.9 Å². The highest BCUT2D eigenvalue weighted by Gasteiger charge is 2.50. The molecule has 1 fully saturated rings. The highest BCUT2D eigenvalue weighted by molar-refractivity contribution is 6.06. The molecule has 1 aliphatic rings. The summed E-state index contributed by atoms with van der Waals surface area (Å²) in [4.78, 5) is 25.8. The number of hydrogen-bond donors (Lipinski definition) is 1. The maximum Gasteiger partial charge on any atom is 0.325 e. The van der Waals surface area contributed by atoms with Crippen LogP contribution in [-0.4, -0.2) is 37.1 Å². The first-order chi connectivity index (χ1) is 11.5. The number of benzene rings is 1. The Morgan fingerprint density at radius 1 is 1.17 bits per heavy atom. The van der Waals surface area contributed by atoms with Gasteiger partial charge in [-0.2, -0.15) is 0 Å². The Kier molecular flexibility index (Phi) is 4.16. The van der Waals surface area contributed by atoms with Gasteiger partial charge < -0.3 is 19.2 Å². The summed E-state index contributed by atoms with van der Waals surface area (Å²) < 4.78 is 15.9. The number of nitrogens with zero attached hydrogens (tertiary/aromatic N) is 1. The van der Waals surface area contributed by atoms with Gasteiger partial charge in [0.1, 0.15) is 23.9 Å². The molecule has 7 nitrogen and oxygen atoms in total. The highest BCUT2D eigenvalue weighted by atomic mass is 16.5. The van der Waals surface area contributed by atoms with Crippen molar-refractivity contribution in [2.45, 2.75) is 12.5 Å². The molecule has 0 saturated carbocycles. The first-order valence-corrected chi connectivity index (χ1v) is 7.49. The number of nitrogens with one attached hydrogen (secondary N) is 1. The van der Waals surface area contributed by atoms with Gasteiger partial charge in [-0.15, -0.1) is 0 Å². The van der Waals surface area contributed by atoms with Crippen LogP contribution < -0.4 is 14.8 Å². The van der Waals surface area contributed by atoms with E-state index in [4.69, 9.17) is 13.9 Å². The zero-order chi connectivity index (χ0) is 17.2. The van der Waals surface area contributed by atoms with Crippen molar-refractivity contribution in [2.75, 3.05) is 20.3 Å². The second-order valence-electron chi connectivity index (χ2n) is 5.51. The first kappa shape index (κ1) is 15.9. The Morgan fingerprint density at radius 3 is 2.50 bits per heavy atom. The molecule has 3 amide bonds. The van der Waals surface area contributed by atoms with Crippen molar-refractivity contribution in [3.05, 3.63) is 48.4 Å². The average molecular weight is 330 g/mol. The van der Waals surface area contributed by atoms with E-state index in [1.807, 2.05) is 0 Å². The Bertz CT molecular complexity index is 726. The summed E-state index contributed by atoms with van der Waals surface area (Å²) in [5.74, 6) is 1.41. The summed E-state index contributed by atoms with van der Waals surface area (Å²) in [6.07, 6.45) is 1.47. The molecule has 2 aromatic rings. The number of ether oxygens (including phenoxy) is 2. The van der Waals surface area contributed by atoms with Crippen LogP contribution in [0.15, 0.2) is 47.1 Å². The third kappa shape index (κ3) is 2.80. The molecule has 3 rings (SSSR count). The fourth-order valence-electron chi connectivity index (χ4n) is 2.56. The van der Waals surface area contributed by atoms with Gasteiger partial charge >= 0.3 is 6.03 Å². The molecule has 1 aromatic heterocycles. The molecule has 1 aliphatic heterocycles. The van der Waals surface area contributed by atoms with Crippen LogP contribution in [0.1, 0.15) is 12.7 Å². The average Bonchev–Trinajstić information content (AvgIpc) is 3.19. The number of hydrogen-bond acceptors (Lipinski definition) is 5. The van der Waals surface area contributed by atoms with Crippen LogP contribution in [0.25, 0.3) is 0 Å². The second-order valence-corrected chi connectivity index (χ2v) is 5.51. The molecule has 1 aromatic carbocycles. The van der Waals surface area contributed by atoms with E-state index in [0.29, 0.717) is 11.5 Å².